The molecule has 0 spiro atoms. The molecule has 3 aliphatic rings. The van der Waals surface area contributed by atoms with Crippen molar-refractivity contribution in [3.63, 3.8) is 0 Å². The molecule has 3 aromatic rings. The predicted molar refractivity (Wildman–Crippen MR) is 260 cm³/mol. The zero-order valence-corrected chi connectivity index (χ0v) is 43.0. The molecule has 68 heavy (non-hydrogen) atoms. The highest BCUT2D eigenvalue weighted by molar-refractivity contribution is 5.90. The van der Waals surface area contributed by atoms with Crippen LogP contribution in [0.1, 0.15) is 65.9 Å². The van der Waals surface area contributed by atoms with Crippen molar-refractivity contribution < 1.29 is 73.4 Å². The van der Waals surface area contributed by atoms with Crippen LogP contribution in [0.4, 0.5) is 0 Å². The van der Waals surface area contributed by atoms with Gasteiger partial charge in [-0.3, -0.25) is 0 Å². The second-order valence-corrected chi connectivity index (χ2v) is 19.7. The van der Waals surface area contributed by atoms with Gasteiger partial charge in [0.15, 0.2) is 0 Å². The number of ether oxygens (including phenoxy) is 4. The molecule has 17 heteroatoms. The first-order valence-corrected chi connectivity index (χ1v) is 23.5. The number of hydrogen-bond donors (Lipinski definition) is 6. The topological polar surface area (TPSA) is 225 Å². The Morgan fingerprint density at radius 1 is 0.574 bits per heavy atom. The van der Waals surface area contributed by atoms with Gasteiger partial charge in [-0.25, -0.2) is 14.0 Å². The van der Waals surface area contributed by atoms with Gasteiger partial charge in [0.25, 0.3) is 0 Å². The SMILES string of the molecule is COC(=O)c1ccc(CC2CO2)cc1.C[C@H](O)C[N+](C)(C)N=C([O-])c1ccc(C[C@H]2CO2)cc1.C[C@H](O)C[N+](C)(C)N=C([O-])c1ccc(C[C@H]2CO2)cc1.C[C@H](O)C[NH+](C)C.C[C@H](O)C[NH+](C)C. The normalized spacial score (nSPS) is 19.2. The molecule has 6 N–H and O–H groups in total. The maximum Gasteiger partial charge on any atom is 0.337 e. The fourth-order valence-corrected chi connectivity index (χ4v) is 6.97. The average Bonchev–Trinajstić information content (AvgIpc) is 4.06. The zero-order chi connectivity index (χ0) is 51.2. The van der Waals surface area contributed by atoms with Crippen molar-refractivity contribution in [1.29, 1.82) is 0 Å². The third-order valence-corrected chi connectivity index (χ3v) is 9.93. The maximum atomic E-state index is 12.1. The molecular weight excluding hydrogens is 873 g/mol. The molecule has 3 fully saturated rings. The first kappa shape index (κ1) is 59.8. The zero-order valence-electron chi connectivity index (χ0n) is 43.0. The second kappa shape index (κ2) is 29.6. The molecule has 17 nitrogen and oxygen atoms in total. The van der Waals surface area contributed by atoms with E-state index in [2.05, 4.69) is 14.9 Å². The number of epoxide rings is 3. The van der Waals surface area contributed by atoms with E-state index < -0.39 is 12.2 Å². The fourth-order valence-electron chi connectivity index (χ4n) is 6.97. The molecule has 3 heterocycles. The summed E-state index contributed by atoms with van der Waals surface area (Å²) in [5, 5.41) is 68.7. The Kier molecular flexibility index (Phi) is 26.0. The van der Waals surface area contributed by atoms with Gasteiger partial charge in [0.2, 0.25) is 0 Å². The van der Waals surface area contributed by atoms with E-state index in [1.807, 2.05) is 64.6 Å². The van der Waals surface area contributed by atoms with E-state index in [9.17, 15) is 25.2 Å². The van der Waals surface area contributed by atoms with E-state index in [0.29, 0.717) is 48.1 Å². The number of methoxy groups -OCH3 is 1. The van der Waals surface area contributed by atoms with Gasteiger partial charge < -0.3 is 59.4 Å². The molecule has 7 atom stereocenters. The molecule has 0 saturated carbocycles. The number of aliphatic hydroxyl groups excluding tert-OH is 4. The predicted octanol–water partition coefficient (Wildman–Crippen LogP) is -1.35. The van der Waals surface area contributed by atoms with Gasteiger partial charge in [-0.15, -0.1) is 0 Å². The van der Waals surface area contributed by atoms with Crippen molar-refractivity contribution >= 4 is 17.8 Å². The quantitative estimate of drug-likeness (QED) is 0.0206. The third kappa shape index (κ3) is 28.8. The van der Waals surface area contributed by atoms with Gasteiger partial charge in [-0.1, -0.05) is 70.9 Å². The standard InChI is InChI=1S/2C15H22N2O3.C11H12O3.2C5H13NO/c2*1-11(18)9-17(2,3)16-15(19)13-6-4-12(5-7-13)8-14-10-20-14;1-13-11(12)9-4-2-8(3-5-9)6-10-7-14-10;2*1-5(7)4-6(2)3/h2*4-7,11,14,18H,8-10H2,1-3H3;2-5,10H,6-7H2,1H3;2*5,7H,4H2,1-3H3/p+2/t2*11-,14-;;2*5-/m00.00/s1. The van der Waals surface area contributed by atoms with Crippen LogP contribution in [-0.2, 0) is 38.2 Å². The molecule has 6 rings (SSSR count). The maximum absolute atomic E-state index is 12.1. The Hall–Kier alpha value is -4.37. The monoisotopic (exact) mass is 957 g/mol. The van der Waals surface area contributed by atoms with Crippen molar-refractivity contribution in [2.24, 2.45) is 10.2 Å². The van der Waals surface area contributed by atoms with Gasteiger partial charge in [0.05, 0.1) is 119 Å². The molecule has 0 radical (unpaired) electrons. The lowest BCUT2D eigenvalue weighted by Crippen LogP contribution is -3.06. The van der Waals surface area contributed by atoms with Crippen LogP contribution in [0.2, 0.25) is 0 Å². The fraction of sp³-hybridized carbons (Fsp3) is 0.588. The number of nitrogens with zero attached hydrogens (tertiary/aromatic N) is 4. The van der Waals surface area contributed by atoms with Gasteiger partial charge in [0.1, 0.15) is 50.6 Å². The van der Waals surface area contributed by atoms with Gasteiger partial charge in [0, 0.05) is 19.3 Å². The Bertz CT molecular complexity index is 1810. The molecule has 1 unspecified atom stereocenters. The largest absolute Gasteiger partial charge is 0.855 e. The molecular formula is C51H84N6O11+2. The first-order valence-electron chi connectivity index (χ1n) is 23.5. The van der Waals surface area contributed by atoms with Crippen molar-refractivity contribution in [1.82, 2.24) is 0 Å². The second-order valence-electron chi connectivity index (χ2n) is 19.7. The molecule has 0 aromatic heterocycles. The average molecular weight is 957 g/mol. The summed E-state index contributed by atoms with van der Waals surface area (Å²) < 4.78 is 20.3. The smallest absolute Gasteiger partial charge is 0.337 e. The van der Waals surface area contributed by atoms with Crippen molar-refractivity contribution in [3.05, 3.63) is 106 Å². The molecule has 0 bridgehead atoms. The van der Waals surface area contributed by atoms with E-state index in [1.54, 1.807) is 92.3 Å². The summed E-state index contributed by atoms with van der Waals surface area (Å²) in [6, 6.07) is 22.4. The summed E-state index contributed by atoms with van der Waals surface area (Å²) in [7, 11) is 16.6. The van der Waals surface area contributed by atoms with Crippen LogP contribution in [0.15, 0.2) is 83.0 Å². The van der Waals surface area contributed by atoms with Gasteiger partial charge in [-0.05, 0) is 67.6 Å². The third-order valence-electron chi connectivity index (χ3n) is 9.93. The van der Waals surface area contributed by atoms with E-state index in [-0.39, 0.29) is 39.2 Å². The minimum absolute atomic E-state index is 0.119. The summed E-state index contributed by atoms with van der Waals surface area (Å²) in [5.74, 6) is -0.811. The van der Waals surface area contributed by atoms with Crippen molar-refractivity contribution in [2.45, 2.75) is 89.7 Å². The lowest BCUT2D eigenvalue weighted by atomic mass is 10.1. The number of aliphatic hydroxyl groups is 4. The van der Waals surface area contributed by atoms with Crippen LogP contribution in [0, 0.1) is 0 Å². The summed E-state index contributed by atoms with van der Waals surface area (Å²) in [4.78, 5) is 13.7. The minimum atomic E-state index is -0.498. The summed E-state index contributed by atoms with van der Waals surface area (Å²) >= 11 is 0. The first-order chi connectivity index (χ1) is 31.8. The number of carbonyl (C=O) groups is 1. The number of benzene rings is 3. The van der Waals surface area contributed by atoms with Crippen LogP contribution < -0.4 is 20.0 Å². The molecule has 0 aliphatic carbocycles. The summed E-state index contributed by atoms with van der Waals surface area (Å²) in [5.41, 5.74) is 5.26. The number of nitrogens with one attached hydrogen (secondary N) is 2. The Morgan fingerprint density at radius 2 is 0.838 bits per heavy atom. The number of likely N-dealkylation sites (N-methyl/N-ethyl adjacent to an activating group) is 4. The Morgan fingerprint density at radius 3 is 1.03 bits per heavy atom. The van der Waals surface area contributed by atoms with Crippen molar-refractivity contribution in [3.8, 4) is 0 Å². The summed E-state index contributed by atoms with van der Waals surface area (Å²) in [6.07, 6.45) is 2.50. The van der Waals surface area contributed by atoms with Crippen LogP contribution in [0.25, 0.3) is 0 Å². The van der Waals surface area contributed by atoms with Gasteiger partial charge in [-0.2, -0.15) is 0 Å². The lowest BCUT2D eigenvalue weighted by Gasteiger charge is -2.26. The van der Waals surface area contributed by atoms with Crippen LogP contribution in [0.3, 0.4) is 0 Å². The highest BCUT2D eigenvalue weighted by atomic mass is 16.6. The van der Waals surface area contributed by atoms with Crippen LogP contribution in [0.5, 0.6) is 0 Å². The number of rotatable bonds is 19. The number of carbonyl (C=O) groups excluding carboxylic acids is 1. The molecule has 3 saturated heterocycles. The molecule has 3 aliphatic heterocycles. The molecule has 0 amide bonds. The number of hydrogen-bond acceptors (Lipinski definition) is 13. The number of esters is 1. The summed E-state index contributed by atoms with van der Waals surface area (Å²) in [6.45, 7) is 12.0. The van der Waals surface area contributed by atoms with E-state index in [1.165, 1.54) is 33.6 Å². The van der Waals surface area contributed by atoms with Crippen LogP contribution in [-0.4, -0.2) is 200 Å². The van der Waals surface area contributed by atoms with Crippen molar-refractivity contribution in [2.75, 3.05) is 109 Å². The highest BCUT2D eigenvalue weighted by Gasteiger charge is 2.24. The van der Waals surface area contributed by atoms with E-state index in [4.69, 9.17) is 24.4 Å². The van der Waals surface area contributed by atoms with E-state index in [0.717, 1.165) is 52.2 Å². The molecule has 382 valence electrons. The van der Waals surface area contributed by atoms with E-state index >= 15 is 0 Å². The highest BCUT2D eigenvalue weighted by Crippen LogP contribution is 2.19. The minimum Gasteiger partial charge on any atom is -0.855 e. The Balaban J connectivity index is 0.000000310. The van der Waals surface area contributed by atoms with Crippen LogP contribution >= 0.6 is 0 Å². The lowest BCUT2D eigenvalue weighted by molar-refractivity contribution is -0.900. The molecule has 3 aromatic carbocycles. The van der Waals surface area contributed by atoms with Gasteiger partial charge >= 0.3 is 5.97 Å². The number of quaternary nitrogens is 4. The Labute approximate surface area is 405 Å².